The molecule has 1 heterocycles. The lowest BCUT2D eigenvalue weighted by molar-refractivity contribution is -0.108. The Hall–Kier alpha value is -1.39. The van der Waals surface area contributed by atoms with Crippen LogP contribution >= 0.6 is 0 Å². The Morgan fingerprint density at radius 3 is 2.75 bits per heavy atom. The highest BCUT2D eigenvalue weighted by Gasteiger charge is 2.35. The number of phenols is 1. The summed E-state index contributed by atoms with van der Waals surface area (Å²) < 4.78 is 5.41. The highest BCUT2D eigenvalue weighted by atomic mass is 16.5. The van der Waals surface area contributed by atoms with E-state index in [0.29, 0.717) is 31.3 Å². The fourth-order valence-corrected chi connectivity index (χ4v) is 3.98. The van der Waals surface area contributed by atoms with Crippen molar-refractivity contribution < 1.29 is 14.6 Å². The minimum atomic E-state index is 0.442. The fraction of sp³-hybridized carbons (Fsp3) is 0.650. The van der Waals surface area contributed by atoms with Crippen LogP contribution in [0.4, 0.5) is 0 Å². The number of nitrogens with zero attached hydrogens (tertiary/aromatic N) is 1. The van der Waals surface area contributed by atoms with Crippen LogP contribution in [-0.2, 0) is 16.0 Å². The molecule has 1 N–H and O–H groups in total. The van der Waals surface area contributed by atoms with Gasteiger partial charge in [-0.1, -0.05) is 25.0 Å². The summed E-state index contributed by atoms with van der Waals surface area (Å²) in [5.74, 6) is 0.923. The molecule has 24 heavy (non-hydrogen) atoms. The Bertz CT molecular complexity index is 534. The van der Waals surface area contributed by atoms with Gasteiger partial charge in [-0.05, 0) is 42.9 Å². The maximum Gasteiger partial charge on any atom is 0.122 e. The molecule has 3 rings (SSSR count). The average Bonchev–Trinajstić information content (AvgIpc) is 3.06. The van der Waals surface area contributed by atoms with Crippen LogP contribution in [0.15, 0.2) is 18.2 Å². The van der Waals surface area contributed by atoms with Gasteiger partial charge < -0.3 is 14.6 Å². The van der Waals surface area contributed by atoms with Crippen molar-refractivity contribution in [3.63, 3.8) is 0 Å². The monoisotopic (exact) mass is 331 g/mol. The number of likely N-dealkylation sites (tertiary alicyclic amines) is 1. The number of ether oxygens (including phenoxy) is 1. The van der Waals surface area contributed by atoms with E-state index in [4.69, 9.17) is 4.74 Å². The van der Waals surface area contributed by atoms with E-state index in [9.17, 15) is 9.90 Å². The molecule has 4 nitrogen and oxygen atoms in total. The van der Waals surface area contributed by atoms with E-state index in [1.807, 2.05) is 12.1 Å². The summed E-state index contributed by atoms with van der Waals surface area (Å²) in [6, 6.07) is 6.82. The van der Waals surface area contributed by atoms with Gasteiger partial charge in [0.05, 0.1) is 6.61 Å². The first-order valence-electron chi connectivity index (χ1n) is 9.35. The van der Waals surface area contributed by atoms with Gasteiger partial charge in [-0.3, -0.25) is 4.90 Å². The Balaban J connectivity index is 1.46. The molecule has 2 aliphatic rings. The van der Waals surface area contributed by atoms with Crippen molar-refractivity contribution >= 4 is 6.29 Å². The molecule has 1 aromatic rings. The number of carbonyl (C=O) groups excluding carboxylic acids is 1. The van der Waals surface area contributed by atoms with Gasteiger partial charge in [0.15, 0.2) is 0 Å². The van der Waals surface area contributed by atoms with Crippen LogP contribution in [0.2, 0.25) is 0 Å². The molecule has 0 spiro atoms. The van der Waals surface area contributed by atoms with E-state index < -0.39 is 0 Å². The van der Waals surface area contributed by atoms with E-state index in [1.54, 1.807) is 0 Å². The molecule has 1 saturated carbocycles. The molecule has 0 bridgehead atoms. The maximum absolute atomic E-state index is 10.2. The van der Waals surface area contributed by atoms with Gasteiger partial charge in [0.25, 0.3) is 0 Å². The molecule has 0 atom stereocenters. The van der Waals surface area contributed by atoms with Crippen molar-refractivity contribution in [2.45, 2.75) is 56.9 Å². The van der Waals surface area contributed by atoms with Gasteiger partial charge in [-0.15, -0.1) is 0 Å². The number of aromatic hydroxyl groups is 1. The zero-order valence-corrected chi connectivity index (χ0v) is 14.5. The zero-order valence-electron chi connectivity index (χ0n) is 14.5. The van der Waals surface area contributed by atoms with Crippen molar-refractivity contribution in [3.05, 3.63) is 29.3 Å². The largest absolute Gasteiger partial charge is 0.508 e. The number of aldehydes is 1. The topological polar surface area (TPSA) is 49.8 Å². The van der Waals surface area contributed by atoms with Gasteiger partial charge in [0.1, 0.15) is 12.0 Å². The molecule has 0 unspecified atom stereocenters. The van der Waals surface area contributed by atoms with Gasteiger partial charge in [-0.2, -0.15) is 0 Å². The molecule has 0 amide bonds. The Kier molecular flexibility index (Phi) is 6.27. The SMILES string of the molecule is O=CCCOCCCc1ccc(O)c(C2CN(C3CCCC3)C2)c1. The lowest BCUT2D eigenvalue weighted by atomic mass is 9.87. The van der Waals surface area contributed by atoms with E-state index in [0.717, 1.165) is 43.8 Å². The van der Waals surface area contributed by atoms with E-state index in [2.05, 4.69) is 11.0 Å². The fourth-order valence-electron chi connectivity index (χ4n) is 3.98. The van der Waals surface area contributed by atoms with E-state index >= 15 is 0 Å². The highest BCUT2D eigenvalue weighted by molar-refractivity contribution is 5.49. The number of hydrogen-bond donors (Lipinski definition) is 1. The summed E-state index contributed by atoms with van der Waals surface area (Å²) >= 11 is 0. The third-order valence-electron chi connectivity index (χ3n) is 5.42. The van der Waals surface area contributed by atoms with Crippen LogP contribution in [0.5, 0.6) is 5.75 Å². The second-order valence-electron chi connectivity index (χ2n) is 7.15. The number of carbonyl (C=O) groups is 1. The normalized spacial score (nSPS) is 19.5. The Morgan fingerprint density at radius 1 is 1.21 bits per heavy atom. The van der Waals surface area contributed by atoms with Crippen LogP contribution in [0.1, 0.15) is 55.6 Å². The number of rotatable bonds is 9. The molecule has 1 saturated heterocycles. The van der Waals surface area contributed by atoms with Crippen molar-refractivity contribution in [1.82, 2.24) is 4.90 Å². The molecular formula is C20H29NO3. The second-order valence-corrected chi connectivity index (χ2v) is 7.15. The standard InChI is InChI=1S/C20H29NO3/c22-10-4-12-24-11-3-5-16-8-9-20(23)19(13-16)17-14-21(15-17)18-6-1-2-7-18/h8-10,13,17-18,23H,1-7,11-12,14-15H2. The number of aryl methyl sites for hydroxylation is 1. The summed E-state index contributed by atoms with van der Waals surface area (Å²) in [5.41, 5.74) is 2.38. The smallest absolute Gasteiger partial charge is 0.122 e. The van der Waals surface area contributed by atoms with Gasteiger partial charge in [-0.25, -0.2) is 0 Å². The third-order valence-corrected chi connectivity index (χ3v) is 5.42. The summed E-state index contributed by atoms with van der Waals surface area (Å²) in [7, 11) is 0. The quantitative estimate of drug-likeness (QED) is 0.557. The zero-order chi connectivity index (χ0) is 16.8. The molecule has 0 radical (unpaired) electrons. The number of benzene rings is 1. The molecule has 132 valence electrons. The summed E-state index contributed by atoms with van der Waals surface area (Å²) in [6.45, 7) is 3.39. The van der Waals surface area contributed by atoms with Crippen molar-refractivity contribution in [3.8, 4) is 5.75 Å². The number of phenolic OH excluding ortho intramolecular Hbond substituents is 1. The van der Waals surface area contributed by atoms with Gasteiger partial charge in [0, 0.05) is 38.1 Å². The molecular weight excluding hydrogens is 302 g/mol. The van der Waals surface area contributed by atoms with Crippen LogP contribution in [0, 0.1) is 0 Å². The first-order valence-corrected chi connectivity index (χ1v) is 9.35. The lowest BCUT2D eigenvalue weighted by Gasteiger charge is -2.43. The van der Waals surface area contributed by atoms with Crippen LogP contribution in [0.3, 0.4) is 0 Å². The van der Waals surface area contributed by atoms with Crippen molar-refractivity contribution in [2.24, 2.45) is 0 Å². The predicted molar refractivity (Wildman–Crippen MR) is 94.5 cm³/mol. The predicted octanol–water partition coefficient (Wildman–Crippen LogP) is 3.27. The van der Waals surface area contributed by atoms with Crippen molar-refractivity contribution in [2.75, 3.05) is 26.3 Å². The van der Waals surface area contributed by atoms with Crippen molar-refractivity contribution in [1.29, 1.82) is 0 Å². The second kappa shape index (κ2) is 8.63. The molecule has 1 aliphatic carbocycles. The van der Waals surface area contributed by atoms with Crippen LogP contribution in [-0.4, -0.2) is 48.6 Å². The maximum atomic E-state index is 10.2. The summed E-state index contributed by atoms with van der Waals surface area (Å²) in [5, 5.41) is 10.2. The van der Waals surface area contributed by atoms with Crippen LogP contribution < -0.4 is 0 Å². The minimum absolute atomic E-state index is 0.442. The first-order chi connectivity index (χ1) is 11.8. The van der Waals surface area contributed by atoms with E-state index in [1.165, 1.54) is 31.2 Å². The minimum Gasteiger partial charge on any atom is -0.508 e. The highest BCUT2D eigenvalue weighted by Crippen LogP contribution is 2.37. The summed E-state index contributed by atoms with van der Waals surface area (Å²) in [6.07, 6.45) is 8.71. The lowest BCUT2D eigenvalue weighted by Crippen LogP contribution is -2.49. The molecule has 0 aromatic heterocycles. The Labute approximate surface area is 144 Å². The summed E-state index contributed by atoms with van der Waals surface area (Å²) in [4.78, 5) is 12.8. The molecule has 2 fully saturated rings. The number of hydrogen-bond acceptors (Lipinski definition) is 4. The Morgan fingerprint density at radius 2 is 2.00 bits per heavy atom. The molecule has 4 heteroatoms. The third kappa shape index (κ3) is 4.37. The average molecular weight is 331 g/mol. The van der Waals surface area contributed by atoms with Gasteiger partial charge in [0.2, 0.25) is 0 Å². The van der Waals surface area contributed by atoms with Gasteiger partial charge >= 0.3 is 0 Å². The van der Waals surface area contributed by atoms with E-state index in [-0.39, 0.29) is 0 Å². The van der Waals surface area contributed by atoms with Crippen LogP contribution in [0.25, 0.3) is 0 Å². The first kappa shape index (κ1) is 17.4. The molecule has 1 aliphatic heterocycles. The molecule has 1 aromatic carbocycles.